The summed E-state index contributed by atoms with van der Waals surface area (Å²) in [5.74, 6) is 0.615. The van der Waals surface area contributed by atoms with Crippen LogP contribution in [-0.2, 0) is 35.6 Å². The minimum atomic E-state index is 0.0626. The van der Waals surface area contributed by atoms with E-state index in [0.717, 1.165) is 29.8 Å². The number of methoxy groups -OCH3 is 1. The summed E-state index contributed by atoms with van der Waals surface area (Å²) in [7, 11) is 1.68. The lowest BCUT2D eigenvalue weighted by molar-refractivity contribution is -0.121. The van der Waals surface area contributed by atoms with Crippen LogP contribution >= 0.6 is 0 Å². The van der Waals surface area contributed by atoms with Gasteiger partial charge in [-0.25, -0.2) is 0 Å². The average molecular weight is 357 g/mol. The van der Waals surface area contributed by atoms with E-state index in [1.54, 1.807) is 7.11 Å². The highest BCUT2D eigenvalue weighted by Gasteiger charge is 2.14. The molecule has 0 atom stereocenters. The zero-order chi connectivity index (χ0) is 19.1. The quantitative estimate of drug-likeness (QED) is 0.747. The SMILES string of the molecule is COCc1ccccc1CNC(=O)CCc1c(C)nn(CC(C)C)c1C. The molecule has 142 valence electrons. The third kappa shape index (κ3) is 5.43. The number of carbonyl (C=O) groups excluding carboxylic acids is 1. The maximum absolute atomic E-state index is 12.3. The first kappa shape index (κ1) is 20.2. The van der Waals surface area contributed by atoms with Gasteiger partial charge >= 0.3 is 0 Å². The summed E-state index contributed by atoms with van der Waals surface area (Å²) in [6.07, 6.45) is 1.20. The van der Waals surface area contributed by atoms with Gasteiger partial charge < -0.3 is 10.1 Å². The highest BCUT2D eigenvalue weighted by molar-refractivity contribution is 5.76. The Hall–Kier alpha value is -2.14. The van der Waals surface area contributed by atoms with Crippen molar-refractivity contribution in [1.82, 2.24) is 15.1 Å². The summed E-state index contributed by atoms with van der Waals surface area (Å²) in [5.41, 5.74) is 5.60. The summed E-state index contributed by atoms with van der Waals surface area (Å²) in [6.45, 7) is 10.5. The fraction of sp³-hybridized carbons (Fsp3) is 0.524. The van der Waals surface area contributed by atoms with Gasteiger partial charge in [0, 0.05) is 32.3 Å². The van der Waals surface area contributed by atoms with Crippen molar-refractivity contribution < 1.29 is 9.53 Å². The lowest BCUT2D eigenvalue weighted by Gasteiger charge is -2.10. The molecule has 0 bridgehead atoms. The van der Waals surface area contributed by atoms with Crippen molar-refractivity contribution in [2.24, 2.45) is 5.92 Å². The number of hydrogen-bond donors (Lipinski definition) is 1. The third-order valence-electron chi connectivity index (χ3n) is 4.57. The maximum Gasteiger partial charge on any atom is 0.220 e. The molecule has 0 fully saturated rings. The topological polar surface area (TPSA) is 56.1 Å². The maximum atomic E-state index is 12.3. The van der Waals surface area contributed by atoms with E-state index in [0.29, 0.717) is 25.5 Å². The van der Waals surface area contributed by atoms with Crippen molar-refractivity contribution in [3.63, 3.8) is 0 Å². The summed E-state index contributed by atoms with van der Waals surface area (Å²) in [4.78, 5) is 12.3. The van der Waals surface area contributed by atoms with Crippen LogP contribution in [0.5, 0.6) is 0 Å². The number of ether oxygens (including phenoxy) is 1. The molecule has 0 saturated heterocycles. The van der Waals surface area contributed by atoms with E-state index in [1.807, 2.05) is 31.2 Å². The van der Waals surface area contributed by atoms with Gasteiger partial charge in [-0.15, -0.1) is 0 Å². The fourth-order valence-electron chi connectivity index (χ4n) is 3.17. The lowest BCUT2D eigenvalue weighted by atomic mass is 10.1. The molecular weight excluding hydrogens is 326 g/mol. The average Bonchev–Trinajstić information content (AvgIpc) is 2.85. The molecule has 1 heterocycles. The van der Waals surface area contributed by atoms with Crippen LogP contribution in [-0.4, -0.2) is 22.8 Å². The van der Waals surface area contributed by atoms with E-state index < -0.39 is 0 Å². The molecule has 0 saturated carbocycles. The molecule has 0 aliphatic heterocycles. The molecule has 1 aromatic heterocycles. The van der Waals surface area contributed by atoms with Gasteiger partial charge in [-0.2, -0.15) is 5.10 Å². The Labute approximate surface area is 156 Å². The summed E-state index contributed by atoms with van der Waals surface area (Å²) in [5, 5.41) is 7.65. The zero-order valence-corrected chi connectivity index (χ0v) is 16.6. The van der Waals surface area contributed by atoms with Crippen LogP contribution in [0.2, 0.25) is 0 Å². The van der Waals surface area contributed by atoms with Crippen LogP contribution in [0.25, 0.3) is 0 Å². The second-order valence-corrected chi connectivity index (χ2v) is 7.20. The summed E-state index contributed by atoms with van der Waals surface area (Å²) >= 11 is 0. The van der Waals surface area contributed by atoms with Crippen LogP contribution < -0.4 is 5.32 Å². The first-order valence-electron chi connectivity index (χ1n) is 9.27. The number of hydrogen-bond acceptors (Lipinski definition) is 3. The predicted molar refractivity (Wildman–Crippen MR) is 104 cm³/mol. The van der Waals surface area contributed by atoms with Crippen LogP contribution in [0.4, 0.5) is 0 Å². The second kappa shape index (κ2) is 9.53. The van der Waals surface area contributed by atoms with Crippen molar-refractivity contribution in [1.29, 1.82) is 0 Å². The van der Waals surface area contributed by atoms with Crippen LogP contribution in [0.15, 0.2) is 24.3 Å². The smallest absolute Gasteiger partial charge is 0.220 e. The highest BCUT2D eigenvalue weighted by atomic mass is 16.5. The standard InChI is InChI=1S/C21H31N3O2/c1-15(2)13-24-17(4)20(16(3)23-24)10-11-21(25)22-12-18-8-6-7-9-19(18)14-26-5/h6-9,15H,10-14H2,1-5H3,(H,22,25). The van der Waals surface area contributed by atoms with Gasteiger partial charge in [-0.1, -0.05) is 38.1 Å². The number of aryl methyl sites for hydroxylation is 1. The van der Waals surface area contributed by atoms with Gasteiger partial charge in [-0.05, 0) is 42.9 Å². The zero-order valence-electron chi connectivity index (χ0n) is 16.6. The Balaban J connectivity index is 1.91. The molecule has 0 aliphatic rings. The van der Waals surface area contributed by atoms with Gasteiger partial charge in [0.2, 0.25) is 5.91 Å². The van der Waals surface area contributed by atoms with Gasteiger partial charge in [0.15, 0.2) is 0 Å². The number of aromatic nitrogens is 2. The third-order valence-corrected chi connectivity index (χ3v) is 4.57. The molecule has 0 aliphatic carbocycles. The number of nitrogens with zero attached hydrogens (tertiary/aromatic N) is 2. The fourth-order valence-corrected chi connectivity index (χ4v) is 3.17. The highest BCUT2D eigenvalue weighted by Crippen LogP contribution is 2.16. The van der Waals surface area contributed by atoms with E-state index in [-0.39, 0.29) is 5.91 Å². The predicted octanol–water partition coefficient (Wildman–Crippen LogP) is 3.55. The second-order valence-electron chi connectivity index (χ2n) is 7.20. The Bertz CT molecular complexity index is 735. The molecule has 1 amide bonds. The first-order valence-corrected chi connectivity index (χ1v) is 9.27. The van der Waals surface area contributed by atoms with E-state index in [4.69, 9.17) is 4.74 Å². The van der Waals surface area contributed by atoms with Crippen molar-refractivity contribution in [2.45, 2.75) is 60.2 Å². The van der Waals surface area contributed by atoms with Gasteiger partial charge in [0.05, 0.1) is 12.3 Å². The normalized spacial score (nSPS) is 11.2. The molecule has 5 heteroatoms. The lowest BCUT2D eigenvalue weighted by Crippen LogP contribution is -2.23. The molecule has 0 radical (unpaired) electrons. The number of carbonyl (C=O) groups is 1. The van der Waals surface area contributed by atoms with E-state index in [1.165, 1.54) is 11.3 Å². The molecule has 0 unspecified atom stereocenters. The minimum Gasteiger partial charge on any atom is -0.380 e. The van der Waals surface area contributed by atoms with Crippen molar-refractivity contribution in [3.05, 3.63) is 52.3 Å². The summed E-state index contributed by atoms with van der Waals surface area (Å²) < 4.78 is 7.28. The number of amides is 1. The monoisotopic (exact) mass is 357 g/mol. The van der Waals surface area contributed by atoms with Crippen molar-refractivity contribution in [2.75, 3.05) is 7.11 Å². The largest absolute Gasteiger partial charge is 0.380 e. The van der Waals surface area contributed by atoms with Crippen LogP contribution in [0, 0.1) is 19.8 Å². The number of nitrogens with one attached hydrogen (secondary N) is 1. The van der Waals surface area contributed by atoms with Gasteiger partial charge in [-0.3, -0.25) is 9.48 Å². The number of benzene rings is 1. The van der Waals surface area contributed by atoms with E-state index in [2.05, 4.69) is 35.9 Å². The molecule has 2 aromatic rings. The molecule has 2 rings (SSSR count). The van der Waals surface area contributed by atoms with E-state index >= 15 is 0 Å². The molecule has 1 N–H and O–H groups in total. The molecule has 0 spiro atoms. The first-order chi connectivity index (χ1) is 12.4. The Kier molecular flexibility index (Phi) is 7.39. The Morgan fingerprint density at radius 2 is 1.92 bits per heavy atom. The van der Waals surface area contributed by atoms with Gasteiger partial charge in [0.1, 0.15) is 0 Å². The van der Waals surface area contributed by atoms with Crippen molar-refractivity contribution in [3.8, 4) is 0 Å². The minimum absolute atomic E-state index is 0.0626. The number of rotatable bonds is 9. The Morgan fingerprint density at radius 1 is 1.23 bits per heavy atom. The van der Waals surface area contributed by atoms with Crippen LogP contribution in [0.3, 0.4) is 0 Å². The molecule has 26 heavy (non-hydrogen) atoms. The molecular formula is C21H31N3O2. The van der Waals surface area contributed by atoms with Gasteiger partial charge in [0.25, 0.3) is 0 Å². The van der Waals surface area contributed by atoms with Crippen molar-refractivity contribution >= 4 is 5.91 Å². The Morgan fingerprint density at radius 3 is 2.58 bits per heavy atom. The molecule has 1 aromatic carbocycles. The molecule has 5 nitrogen and oxygen atoms in total. The summed E-state index contributed by atoms with van der Waals surface area (Å²) in [6, 6.07) is 8.02. The van der Waals surface area contributed by atoms with Crippen LogP contribution in [0.1, 0.15) is 48.3 Å². The van der Waals surface area contributed by atoms with E-state index in [9.17, 15) is 4.79 Å².